The summed E-state index contributed by atoms with van der Waals surface area (Å²) < 4.78 is 2.95. The lowest BCUT2D eigenvalue weighted by molar-refractivity contribution is -0.389. The van der Waals surface area contributed by atoms with E-state index >= 15 is 0 Å². The average Bonchev–Trinajstić information content (AvgIpc) is 3.02. The van der Waals surface area contributed by atoms with Gasteiger partial charge in [0, 0.05) is 7.05 Å². The number of rotatable bonds is 6. The molecular formula is C13H17ClN6O3. The van der Waals surface area contributed by atoms with E-state index in [1.165, 1.54) is 16.9 Å². The Morgan fingerprint density at radius 1 is 1.57 bits per heavy atom. The molecule has 2 aromatic heterocycles. The summed E-state index contributed by atoms with van der Waals surface area (Å²) in [4.78, 5) is 22.6. The van der Waals surface area contributed by atoms with Crippen LogP contribution in [0.25, 0.3) is 0 Å². The summed E-state index contributed by atoms with van der Waals surface area (Å²) in [6.07, 6.45) is 1.95. The third-order valence-corrected chi connectivity index (χ3v) is 3.84. The van der Waals surface area contributed by atoms with Crippen LogP contribution < -0.4 is 5.32 Å². The van der Waals surface area contributed by atoms with Crippen molar-refractivity contribution in [3.8, 4) is 0 Å². The van der Waals surface area contributed by atoms with Gasteiger partial charge in [0.2, 0.25) is 5.91 Å². The van der Waals surface area contributed by atoms with E-state index in [9.17, 15) is 14.9 Å². The number of nitrogens with one attached hydrogen (secondary N) is 1. The van der Waals surface area contributed by atoms with Gasteiger partial charge in [-0.05, 0) is 18.3 Å². The van der Waals surface area contributed by atoms with Crippen molar-refractivity contribution >= 4 is 23.3 Å². The second-order valence-electron chi connectivity index (χ2n) is 5.05. The van der Waals surface area contributed by atoms with Crippen LogP contribution in [0.4, 0.5) is 5.82 Å². The highest BCUT2D eigenvalue weighted by Gasteiger charge is 2.27. The number of hydrogen-bond donors (Lipinski definition) is 1. The summed E-state index contributed by atoms with van der Waals surface area (Å²) >= 11 is 6.00. The van der Waals surface area contributed by atoms with Crippen LogP contribution in [0, 0.1) is 17.0 Å². The maximum Gasteiger partial charge on any atom is 0.390 e. The number of aryl methyl sites for hydroxylation is 2. The molecule has 0 aromatic carbocycles. The predicted octanol–water partition coefficient (Wildman–Crippen LogP) is 1.75. The number of nitrogens with zero attached hydrogens (tertiary/aromatic N) is 5. The topological polar surface area (TPSA) is 108 Å². The lowest BCUT2D eigenvalue weighted by atomic mass is 10.2. The first kappa shape index (κ1) is 16.9. The van der Waals surface area contributed by atoms with Gasteiger partial charge in [0.05, 0.1) is 40.3 Å². The Hall–Kier alpha value is -2.42. The molecule has 1 unspecified atom stereocenters. The number of amides is 1. The summed E-state index contributed by atoms with van der Waals surface area (Å²) in [6, 6.07) is 0.712. The van der Waals surface area contributed by atoms with E-state index in [4.69, 9.17) is 11.6 Å². The summed E-state index contributed by atoms with van der Waals surface area (Å²) in [6.45, 7) is 3.70. The zero-order chi connectivity index (χ0) is 17.1. The number of carbonyl (C=O) groups is 1. The van der Waals surface area contributed by atoms with E-state index in [1.54, 1.807) is 18.7 Å². The van der Waals surface area contributed by atoms with E-state index in [-0.39, 0.29) is 18.3 Å². The van der Waals surface area contributed by atoms with Crippen molar-refractivity contribution in [1.29, 1.82) is 0 Å². The molecule has 0 aliphatic rings. The molecule has 9 nitrogen and oxygen atoms in total. The minimum atomic E-state index is -0.629. The molecule has 0 bridgehead atoms. The third kappa shape index (κ3) is 3.50. The fourth-order valence-electron chi connectivity index (χ4n) is 2.27. The monoisotopic (exact) mass is 340 g/mol. The number of carbonyl (C=O) groups excluding carboxylic acids is 1. The largest absolute Gasteiger partial charge is 0.390 e. The number of halogens is 1. The quantitative estimate of drug-likeness (QED) is 0.636. The van der Waals surface area contributed by atoms with Crippen LogP contribution in [0.3, 0.4) is 0 Å². The van der Waals surface area contributed by atoms with Gasteiger partial charge in [0.15, 0.2) is 6.04 Å². The number of aromatic nitrogens is 4. The maximum atomic E-state index is 12.4. The summed E-state index contributed by atoms with van der Waals surface area (Å²) in [7, 11) is 1.73. The van der Waals surface area contributed by atoms with Crippen LogP contribution in [0.5, 0.6) is 0 Å². The minimum absolute atomic E-state index is 0.215. The standard InChI is InChI=1S/C13H17ClN6O3/c1-4-10(19-8(2)5-12(17-19)20(22)23)13(21)15-7-11-9(14)6-16-18(11)3/h5-6,10H,4,7H2,1-3H3,(H,15,21). The molecule has 124 valence electrons. The second kappa shape index (κ2) is 6.78. The van der Waals surface area contributed by atoms with Gasteiger partial charge in [-0.25, -0.2) is 0 Å². The molecular weight excluding hydrogens is 324 g/mol. The molecule has 0 aliphatic carbocycles. The number of nitro groups is 1. The van der Waals surface area contributed by atoms with Crippen LogP contribution in [0.15, 0.2) is 12.3 Å². The van der Waals surface area contributed by atoms with Gasteiger partial charge in [0.1, 0.15) is 0 Å². The van der Waals surface area contributed by atoms with Gasteiger partial charge >= 0.3 is 5.82 Å². The van der Waals surface area contributed by atoms with Gasteiger partial charge < -0.3 is 15.4 Å². The summed E-state index contributed by atoms with van der Waals surface area (Å²) in [5, 5.41) is 21.9. The average molecular weight is 341 g/mol. The van der Waals surface area contributed by atoms with Crippen LogP contribution in [0.1, 0.15) is 30.8 Å². The summed E-state index contributed by atoms with van der Waals surface area (Å²) in [5.74, 6) is -0.561. The zero-order valence-corrected chi connectivity index (χ0v) is 13.7. The molecule has 0 saturated heterocycles. The van der Waals surface area contributed by atoms with E-state index in [1.807, 2.05) is 6.92 Å². The molecule has 2 heterocycles. The predicted molar refractivity (Wildman–Crippen MR) is 83.0 cm³/mol. The first-order valence-electron chi connectivity index (χ1n) is 6.99. The molecule has 0 saturated carbocycles. The smallest absolute Gasteiger partial charge is 0.358 e. The van der Waals surface area contributed by atoms with Crippen LogP contribution in [-0.4, -0.2) is 30.4 Å². The Morgan fingerprint density at radius 2 is 2.26 bits per heavy atom. The third-order valence-electron chi connectivity index (χ3n) is 3.52. The van der Waals surface area contributed by atoms with Crippen molar-refractivity contribution in [1.82, 2.24) is 24.9 Å². The Balaban J connectivity index is 2.14. The Labute approximate surface area is 137 Å². The first-order chi connectivity index (χ1) is 10.8. The molecule has 23 heavy (non-hydrogen) atoms. The molecule has 1 atom stereocenters. The van der Waals surface area contributed by atoms with Crippen LogP contribution >= 0.6 is 11.6 Å². The highest BCUT2D eigenvalue weighted by Crippen LogP contribution is 2.19. The zero-order valence-electron chi connectivity index (χ0n) is 13.0. The van der Waals surface area contributed by atoms with Crippen molar-refractivity contribution in [2.45, 2.75) is 32.9 Å². The molecule has 1 amide bonds. The van der Waals surface area contributed by atoms with Crippen molar-refractivity contribution in [3.05, 3.63) is 38.8 Å². The fraction of sp³-hybridized carbons (Fsp3) is 0.462. The van der Waals surface area contributed by atoms with Gasteiger partial charge in [-0.15, -0.1) is 0 Å². The Bertz CT molecular complexity index is 719. The molecule has 2 aromatic rings. The molecule has 0 radical (unpaired) electrons. The second-order valence-corrected chi connectivity index (χ2v) is 5.46. The Morgan fingerprint density at radius 3 is 2.74 bits per heavy atom. The van der Waals surface area contributed by atoms with E-state index < -0.39 is 11.0 Å². The van der Waals surface area contributed by atoms with Crippen molar-refractivity contribution in [2.75, 3.05) is 0 Å². The molecule has 10 heteroatoms. The SMILES string of the molecule is CCC(C(=O)NCc1c(Cl)cnn1C)n1nc([N+](=O)[O-])cc1C. The van der Waals surface area contributed by atoms with Gasteiger partial charge in [0.25, 0.3) is 0 Å². The lowest BCUT2D eigenvalue weighted by Crippen LogP contribution is -2.33. The van der Waals surface area contributed by atoms with Gasteiger partial charge in [-0.1, -0.05) is 18.5 Å². The molecule has 0 spiro atoms. The molecule has 1 N–H and O–H groups in total. The van der Waals surface area contributed by atoms with Crippen molar-refractivity contribution in [2.24, 2.45) is 7.05 Å². The normalized spacial score (nSPS) is 12.2. The fourth-order valence-corrected chi connectivity index (χ4v) is 2.50. The molecule has 0 aliphatic heterocycles. The first-order valence-corrected chi connectivity index (χ1v) is 7.37. The van der Waals surface area contributed by atoms with E-state index in [2.05, 4.69) is 15.5 Å². The van der Waals surface area contributed by atoms with E-state index in [0.29, 0.717) is 22.8 Å². The minimum Gasteiger partial charge on any atom is -0.358 e. The molecule has 0 fully saturated rings. The lowest BCUT2D eigenvalue weighted by Gasteiger charge is -2.14. The van der Waals surface area contributed by atoms with Crippen molar-refractivity contribution in [3.63, 3.8) is 0 Å². The van der Waals surface area contributed by atoms with Crippen molar-refractivity contribution < 1.29 is 9.72 Å². The number of hydrogen-bond acceptors (Lipinski definition) is 5. The van der Waals surface area contributed by atoms with Gasteiger partial charge in [-0.3, -0.25) is 9.48 Å². The molecule has 2 rings (SSSR count). The van der Waals surface area contributed by atoms with E-state index in [0.717, 1.165) is 0 Å². The highest BCUT2D eigenvalue weighted by atomic mass is 35.5. The Kier molecular flexibility index (Phi) is 4.99. The summed E-state index contributed by atoms with van der Waals surface area (Å²) in [5.41, 5.74) is 1.23. The van der Waals surface area contributed by atoms with Crippen LogP contribution in [0.2, 0.25) is 5.02 Å². The highest BCUT2D eigenvalue weighted by molar-refractivity contribution is 6.31. The van der Waals surface area contributed by atoms with Crippen LogP contribution in [-0.2, 0) is 18.4 Å². The van der Waals surface area contributed by atoms with Gasteiger partial charge in [-0.2, -0.15) is 9.78 Å². The maximum absolute atomic E-state index is 12.4.